The van der Waals surface area contributed by atoms with E-state index in [9.17, 15) is 13.2 Å². The molecule has 0 aliphatic carbocycles. The Balaban J connectivity index is 1.97. The van der Waals surface area contributed by atoms with Crippen molar-refractivity contribution in [3.05, 3.63) is 80.7 Å². The molecule has 0 saturated heterocycles. The van der Waals surface area contributed by atoms with Gasteiger partial charge in [0, 0.05) is 34.7 Å². The number of nitrogens with one attached hydrogen (secondary N) is 1. The van der Waals surface area contributed by atoms with Gasteiger partial charge in [-0.3, -0.25) is 0 Å². The number of benzene rings is 3. The van der Waals surface area contributed by atoms with E-state index in [1.54, 1.807) is 51.2 Å². The van der Waals surface area contributed by atoms with Gasteiger partial charge in [0.05, 0.1) is 16.6 Å². The van der Waals surface area contributed by atoms with E-state index in [4.69, 9.17) is 27.9 Å². The fourth-order valence-electron chi connectivity index (χ4n) is 3.63. The molecular formula is C26H28BrCl2N3O4S. The molecule has 0 bridgehead atoms. The maximum atomic E-state index is 13.3. The van der Waals surface area contributed by atoms with Crippen molar-refractivity contribution in [3.8, 4) is 11.5 Å². The Morgan fingerprint density at radius 2 is 1.68 bits per heavy atom. The fourth-order valence-corrected chi connectivity index (χ4v) is 5.94. The summed E-state index contributed by atoms with van der Waals surface area (Å²) in [6.07, 6.45) is 0. The summed E-state index contributed by atoms with van der Waals surface area (Å²) < 4.78 is 34.6. The summed E-state index contributed by atoms with van der Waals surface area (Å²) in [6, 6.07) is 15.8. The van der Waals surface area contributed by atoms with E-state index in [1.807, 2.05) is 19.1 Å². The molecule has 0 saturated carbocycles. The van der Waals surface area contributed by atoms with Gasteiger partial charge in [0.25, 0.3) is 0 Å². The van der Waals surface area contributed by atoms with Crippen LogP contribution in [0.25, 0.3) is 0 Å². The first-order valence-corrected chi connectivity index (χ1v) is 14.5. The lowest BCUT2D eigenvalue weighted by Crippen LogP contribution is -2.34. The maximum absolute atomic E-state index is 13.3. The third-order valence-corrected chi connectivity index (χ3v) is 9.03. The van der Waals surface area contributed by atoms with Crippen LogP contribution in [0.15, 0.2) is 70.0 Å². The molecule has 198 valence electrons. The normalized spacial score (nSPS) is 12.3. The van der Waals surface area contributed by atoms with E-state index in [-0.39, 0.29) is 10.6 Å². The second-order valence-electron chi connectivity index (χ2n) is 8.19. The van der Waals surface area contributed by atoms with E-state index in [1.165, 1.54) is 27.4 Å². The lowest BCUT2D eigenvalue weighted by atomic mass is 10.1. The fraction of sp³-hybridized carbons (Fsp3) is 0.269. The van der Waals surface area contributed by atoms with Crippen molar-refractivity contribution in [2.45, 2.75) is 31.7 Å². The van der Waals surface area contributed by atoms with Gasteiger partial charge in [-0.2, -0.15) is 4.31 Å². The predicted molar refractivity (Wildman–Crippen MR) is 152 cm³/mol. The Kier molecular flexibility index (Phi) is 9.88. The highest BCUT2D eigenvalue weighted by Gasteiger charge is 2.25. The highest BCUT2D eigenvalue weighted by atomic mass is 79.9. The molecule has 3 rings (SSSR count). The van der Waals surface area contributed by atoms with Crippen LogP contribution in [-0.2, 0) is 10.0 Å². The summed E-state index contributed by atoms with van der Waals surface area (Å²) in [4.78, 5) is 14.8. The molecule has 0 aliphatic heterocycles. The number of urea groups is 1. The number of ether oxygens (including phenoxy) is 1. The minimum atomic E-state index is -3.77. The second kappa shape index (κ2) is 12.5. The molecule has 7 nitrogen and oxygen atoms in total. The van der Waals surface area contributed by atoms with Crippen molar-refractivity contribution in [1.82, 2.24) is 9.21 Å². The van der Waals surface area contributed by atoms with Crippen molar-refractivity contribution < 1.29 is 17.9 Å². The Bertz CT molecular complexity index is 1370. The zero-order valence-electron chi connectivity index (χ0n) is 20.8. The zero-order chi connectivity index (χ0) is 27.3. The SMILES string of the molecule is CCN(CC)S(=O)(=O)c1ccc(Oc2ccc(Br)cc2)c(NC(=O)N(C)C(C)c2ccc(Cl)cc2Cl)c1. The third-order valence-electron chi connectivity index (χ3n) is 5.89. The molecule has 0 radical (unpaired) electrons. The highest BCUT2D eigenvalue weighted by Crippen LogP contribution is 2.35. The average molecular weight is 629 g/mol. The van der Waals surface area contributed by atoms with Crippen molar-refractivity contribution in [3.63, 3.8) is 0 Å². The number of rotatable bonds is 9. The van der Waals surface area contributed by atoms with E-state index < -0.39 is 22.1 Å². The zero-order valence-corrected chi connectivity index (χ0v) is 24.7. The topological polar surface area (TPSA) is 79.0 Å². The molecule has 0 fully saturated rings. The molecule has 3 aromatic rings. The van der Waals surface area contributed by atoms with Crippen LogP contribution in [0.5, 0.6) is 11.5 Å². The van der Waals surface area contributed by atoms with Gasteiger partial charge in [-0.25, -0.2) is 13.2 Å². The number of halogens is 3. The lowest BCUT2D eigenvalue weighted by Gasteiger charge is -2.27. The molecule has 0 spiro atoms. The van der Waals surface area contributed by atoms with Gasteiger partial charge in [-0.15, -0.1) is 0 Å². The van der Waals surface area contributed by atoms with E-state index in [0.717, 1.165) is 4.47 Å². The summed E-state index contributed by atoms with van der Waals surface area (Å²) in [7, 11) is -2.15. The Hall–Kier alpha value is -2.30. The number of hydrogen-bond donors (Lipinski definition) is 1. The van der Waals surface area contributed by atoms with E-state index in [2.05, 4.69) is 21.2 Å². The number of amides is 2. The molecule has 11 heteroatoms. The Morgan fingerprint density at radius 3 is 2.27 bits per heavy atom. The number of anilines is 1. The van der Waals surface area contributed by atoms with Gasteiger partial charge in [-0.05, 0) is 67.1 Å². The van der Waals surface area contributed by atoms with Gasteiger partial charge in [0.15, 0.2) is 5.75 Å². The molecule has 2 amide bonds. The van der Waals surface area contributed by atoms with Crippen LogP contribution in [0.2, 0.25) is 10.0 Å². The van der Waals surface area contributed by atoms with Crippen LogP contribution in [-0.4, -0.2) is 43.8 Å². The van der Waals surface area contributed by atoms with Crippen LogP contribution < -0.4 is 10.1 Å². The Morgan fingerprint density at radius 1 is 1.03 bits per heavy atom. The quantitative estimate of drug-likeness (QED) is 0.262. The van der Waals surface area contributed by atoms with Gasteiger partial charge >= 0.3 is 6.03 Å². The molecule has 1 atom stereocenters. The number of sulfonamides is 1. The summed E-state index contributed by atoms with van der Waals surface area (Å²) in [6.45, 7) is 6.01. The molecular weight excluding hydrogens is 601 g/mol. The molecule has 3 aromatic carbocycles. The summed E-state index contributed by atoms with van der Waals surface area (Å²) in [5.74, 6) is 0.812. The van der Waals surface area contributed by atoms with Crippen LogP contribution in [0.4, 0.5) is 10.5 Å². The maximum Gasteiger partial charge on any atom is 0.322 e. The summed E-state index contributed by atoms with van der Waals surface area (Å²) in [5, 5.41) is 3.74. The van der Waals surface area contributed by atoms with Crippen molar-refractivity contribution in [1.29, 1.82) is 0 Å². The molecule has 37 heavy (non-hydrogen) atoms. The predicted octanol–water partition coefficient (Wildman–Crippen LogP) is 7.80. The monoisotopic (exact) mass is 627 g/mol. The van der Waals surface area contributed by atoms with Crippen LogP contribution in [0.1, 0.15) is 32.4 Å². The minimum absolute atomic E-state index is 0.0473. The second-order valence-corrected chi connectivity index (χ2v) is 11.9. The van der Waals surface area contributed by atoms with Crippen molar-refractivity contribution >= 4 is 60.9 Å². The van der Waals surface area contributed by atoms with Gasteiger partial charge in [0.2, 0.25) is 10.0 Å². The first-order chi connectivity index (χ1) is 17.5. The average Bonchev–Trinajstić information content (AvgIpc) is 2.86. The molecule has 0 heterocycles. The molecule has 1 N–H and O–H groups in total. The van der Waals surface area contributed by atoms with Crippen LogP contribution in [0.3, 0.4) is 0 Å². The molecule has 0 aromatic heterocycles. The number of nitrogens with zero attached hydrogens (tertiary/aromatic N) is 2. The summed E-state index contributed by atoms with van der Waals surface area (Å²) in [5.41, 5.74) is 0.926. The van der Waals surface area contributed by atoms with Gasteiger partial charge < -0.3 is 15.0 Å². The Labute approximate surface area is 236 Å². The van der Waals surface area contributed by atoms with Gasteiger partial charge in [-0.1, -0.05) is 59.0 Å². The van der Waals surface area contributed by atoms with E-state index in [0.29, 0.717) is 40.2 Å². The first kappa shape index (κ1) is 29.3. The molecule has 0 aliphatic rings. The van der Waals surface area contributed by atoms with Crippen molar-refractivity contribution in [2.24, 2.45) is 0 Å². The highest BCUT2D eigenvalue weighted by molar-refractivity contribution is 9.10. The lowest BCUT2D eigenvalue weighted by molar-refractivity contribution is 0.208. The number of carbonyl (C=O) groups is 1. The van der Waals surface area contributed by atoms with Crippen LogP contribution >= 0.6 is 39.1 Å². The van der Waals surface area contributed by atoms with Crippen LogP contribution in [0, 0.1) is 0 Å². The summed E-state index contributed by atoms with van der Waals surface area (Å²) >= 11 is 15.8. The smallest absolute Gasteiger partial charge is 0.322 e. The third kappa shape index (κ3) is 6.97. The van der Waals surface area contributed by atoms with Gasteiger partial charge in [0.1, 0.15) is 5.75 Å². The minimum Gasteiger partial charge on any atom is -0.455 e. The van der Waals surface area contributed by atoms with Crippen molar-refractivity contribution in [2.75, 3.05) is 25.5 Å². The number of carbonyl (C=O) groups excluding carboxylic acids is 1. The van der Waals surface area contributed by atoms with E-state index >= 15 is 0 Å². The molecule has 1 unspecified atom stereocenters. The standard InChI is InChI=1S/C26H28BrCl2N3O4S/c1-5-32(6-2)37(34,35)21-12-14-25(36-20-10-7-18(27)8-11-20)24(16-21)30-26(33)31(4)17(3)22-13-9-19(28)15-23(22)29/h7-17H,5-6H2,1-4H3,(H,30,33). The number of hydrogen-bond acceptors (Lipinski definition) is 4. The largest absolute Gasteiger partial charge is 0.455 e. The first-order valence-electron chi connectivity index (χ1n) is 11.5.